The summed E-state index contributed by atoms with van der Waals surface area (Å²) in [6.45, 7) is 11.4. The molecule has 0 aromatic rings. The van der Waals surface area contributed by atoms with E-state index in [4.69, 9.17) is 72.0 Å². The van der Waals surface area contributed by atoms with E-state index in [1.165, 1.54) is 0 Å². The third-order valence-electron chi connectivity index (χ3n) is 6.75. The monoisotopic (exact) mass is 802 g/mol. The molecule has 0 fully saturated rings. The summed E-state index contributed by atoms with van der Waals surface area (Å²) >= 11 is 0. The lowest BCUT2D eigenvalue weighted by atomic mass is 10.1. The van der Waals surface area contributed by atoms with E-state index in [0.717, 1.165) is 12.6 Å². The predicted molar refractivity (Wildman–Crippen MR) is 198 cm³/mol. The largest absolute Gasteiger partial charge is 0.382 e. The molecule has 0 bridgehead atoms. The van der Waals surface area contributed by atoms with Crippen LogP contribution in [0.15, 0.2) is 0 Å². The molecule has 1 amide bonds. The Bertz CT molecular complexity index is 802. The molecule has 3 N–H and O–H groups in total. The van der Waals surface area contributed by atoms with Gasteiger partial charge in [0, 0.05) is 32.9 Å². The van der Waals surface area contributed by atoms with Crippen LogP contribution in [-0.4, -0.2) is 216 Å². The maximum absolute atomic E-state index is 12.1. The summed E-state index contributed by atoms with van der Waals surface area (Å²) in [7, 11) is 1.64. The molecule has 0 aromatic carbocycles. The number of methoxy groups -OCH3 is 1. The van der Waals surface area contributed by atoms with Gasteiger partial charge in [-0.1, -0.05) is 0 Å². The van der Waals surface area contributed by atoms with Crippen molar-refractivity contribution in [3.8, 4) is 0 Å². The zero-order valence-corrected chi connectivity index (χ0v) is 33.1. The van der Waals surface area contributed by atoms with Crippen molar-refractivity contribution in [2.45, 2.75) is 24.8 Å². The number of amides is 1. The van der Waals surface area contributed by atoms with Crippen LogP contribution in [0.5, 0.6) is 0 Å². The van der Waals surface area contributed by atoms with Gasteiger partial charge in [0.1, 0.15) is 12.6 Å². The van der Waals surface area contributed by atoms with Crippen LogP contribution in [0.25, 0.3) is 0 Å². The van der Waals surface area contributed by atoms with Gasteiger partial charge in [-0.25, -0.2) is 0 Å². The normalized spacial score (nSPS) is 11.7. The second-order valence-corrected chi connectivity index (χ2v) is 11.6. The van der Waals surface area contributed by atoms with Crippen LogP contribution in [-0.2, 0) is 80.7 Å². The number of rotatable bonds is 48. The van der Waals surface area contributed by atoms with E-state index in [1.807, 2.05) is 0 Å². The Balaban J connectivity index is 3.37. The first-order valence-electron chi connectivity index (χ1n) is 19.0. The minimum Gasteiger partial charge on any atom is -0.382 e. The topological polar surface area (TPSA) is 218 Å². The van der Waals surface area contributed by atoms with Gasteiger partial charge in [0.05, 0.1) is 184 Å². The van der Waals surface area contributed by atoms with E-state index in [2.05, 4.69) is 5.32 Å². The highest BCUT2D eigenvalue weighted by Crippen LogP contribution is 2.06. The molecule has 0 saturated heterocycles. The van der Waals surface area contributed by atoms with Crippen LogP contribution < -0.4 is 11.1 Å². The van der Waals surface area contributed by atoms with E-state index in [0.29, 0.717) is 145 Å². The van der Waals surface area contributed by atoms with Crippen LogP contribution in [0, 0.1) is 0 Å². The third-order valence-corrected chi connectivity index (χ3v) is 6.75. The predicted octanol–water partition coefficient (Wildman–Crippen LogP) is -0.770. The zero-order valence-electron chi connectivity index (χ0n) is 33.1. The van der Waals surface area contributed by atoms with E-state index in [1.54, 1.807) is 7.11 Å². The number of ether oxygens (including phenoxy) is 14. The summed E-state index contributed by atoms with van der Waals surface area (Å²) in [5.41, 5.74) is 5.34. The number of hydrogen-bond donors (Lipinski definition) is 2. The molecule has 0 unspecified atom stereocenters. The van der Waals surface area contributed by atoms with E-state index < -0.39 is 5.54 Å². The van der Waals surface area contributed by atoms with Gasteiger partial charge in [0.15, 0.2) is 0 Å². The van der Waals surface area contributed by atoms with Gasteiger partial charge < -0.3 is 87.0 Å². The molecule has 0 radical (unpaired) electrons. The molecule has 0 atom stereocenters. The average molecular weight is 803 g/mol. The quantitative estimate of drug-likeness (QED) is 0.0570. The van der Waals surface area contributed by atoms with Gasteiger partial charge in [-0.15, -0.1) is 0 Å². The molecule has 326 valence electrons. The second kappa shape index (κ2) is 44.9. The van der Waals surface area contributed by atoms with E-state index in [9.17, 15) is 14.4 Å². The van der Waals surface area contributed by atoms with Gasteiger partial charge in [0.2, 0.25) is 5.91 Å². The van der Waals surface area contributed by atoms with Crippen LogP contribution in [0.1, 0.15) is 19.3 Å². The fourth-order valence-corrected chi connectivity index (χ4v) is 3.95. The molecule has 0 rings (SSSR count). The number of nitrogens with two attached hydrogens (primary N) is 1. The van der Waals surface area contributed by atoms with Gasteiger partial charge in [-0.2, -0.15) is 0 Å². The summed E-state index contributed by atoms with van der Waals surface area (Å²) in [6, 6.07) is 0. The van der Waals surface area contributed by atoms with Gasteiger partial charge in [0.25, 0.3) is 0 Å². The molecule has 0 saturated carbocycles. The Labute approximate surface area is 326 Å². The Morgan fingerprint density at radius 3 is 1.04 bits per heavy atom. The van der Waals surface area contributed by atoms with Gasteiger partial charge in [-0.05, 0) is 0 Å². The summed E-state index contributed by atoms with van der Waals surface area (Å²) in [5.74, 6) is -0.183. The number of carbonyl (C=O) groups is 3. The van der Waals surface area contributed by atoms with Crippen molar-refractivity contribution >= 4 is 18.5 Å². The Morgan fingerprint density at radius 2 is 0.727 bits per heavy atom. The smallest absolute Gasteiger partial charge is 0.222 e. The molecule has 0 aliphatic rings. The number of aldehydes is 2. The molecule has 19 heteroatoms. The fourth-order valence-electron chi connectivity index (χ4n) is 3.95. The van der Waals surface area contributed by atoms with Crippen molar-refractivity contribution in [1.29, 1.82) is 0 Å². The molecule has 0 aliphatic heterocycles. The van der Waals surface area contributed by atoms with Crippen LogP contribution in [0.2, 0.25) is 0 Å². The SMILES string of the molecule is COCCOCCOCCOCCOCCOCCOCCOCCOCCOCCOCCNC(=O)CCOCC(N)(COCCC=O)COCCC=O. The van der Waals surface area contributed by atoms with Crippen LogP contribution >= 0.6 is 0 Å². The molecular formula is C36H70N2O17. The second-order valence-electron chi connectivity index (χ2n) is 11.6. The highest BCUT2D eigenvalue weighted by atomic mass is 16.6. The van der Waals surface area contributed by atoms with Crippen LogP contribution in [0.4, 0.5) is 0 Å². The maximum atomic E-state index is 12.1. The Kier molecular flexibility index (Phi) is 43.5. The highest BCUT2D eigenvalue weighted by molar-refractivity contribution is 5.75. The lowest BCUT2D eigenvalue weighted by molar-refractivity contribution is -0.122. The number of nitrogens with one attached hydrogen (secondary N) is 1. The zero-order chi connectivity index (χ0) is 40.0. The lowest BCUT2D eigenvalue weighted by Crippen LogP contribution is -2.53. The fraction of sp³-hybridized carbons (Fsp3) is 0.917. The molecule has 0 spiro atoms. The molecule has 19 nitrogen and oxygen atoms in total. The number of carbonyl (C=O) groups excluding carboxylic acids is 3. The molecular weight excluding hydrogens is 732 g/mol. The molecule has 0 aliphatic carbocycles. The first kappa shape index (κ1) is 53.2. The van der Waals surface area contributed by atoms with E-state index >= 15 is 0 Å². The maximum Gasteiger partial charge on any atom is 0.222 e. The van der Waals surface area contributed by atoms with Crippen molar-refractivity contribution in [2.24, 2.45) is 5.73 Å². The lowest BCUT2D eigenvalue weighted by Gasteiger charge is -2.28. The summed E-state index contributed by atoms with van der Waals surface area (Å²) < 4.78 is 75.8. The highest BCUT2D eigenvalue weighted by Gasteiger charge is 2.26. The molecule has 0 heterocycles. The van der Waals surface area contributed by atoms with Crippen molar-refractivity contribution in [3.05, 3.63) is 0 Å². The summed E-state index contributed by atoms with van der Waals surface area (Å²) in [4.78, 5) is 33.0. The minimum absolute atomic E-state index is 0.0836. The first-order chi connectivity index (χ1) is 27.1. The standard InChI is InChI=1S/C36H70N2O17/c1-42-12-13-44-16-17-46-20-21-48-24-25-50-28-29-52-31-30-51-27-26-49-23-22-47-19-18-45-15-14-43-11-5-38-35(41)4-10-55-34-36(37,32-53-8-2-6-39)33-54-9-3-7-40/h6-7H,2-5,8-34,37H2,1H3,(H,38,41). The summed E-state index contributed by atoms with van der Waals surface area (Å²) in [6.07, 6.45) is 2.17. The summed E-state index contributed by atoms with van der Waals surface area (Å²) in [5, 5.41) is 2.76. The minimum atomic E-state index is -0.972. The van der Waals surface area contributed by atoms with Crippen LogP contribution in [0.3, 0.4) is 0 Å². The van der Waals surface area contributed by atoms with Gasteiger partial charge >= 0.3 is 0 Å². The van der Waals surface area contributed by atoms with E-state index in [-0.39, 0.29) is 64.8 Å². The van der Waals surface area contributed by atoms with Crippen molar-refractivity contribution in [3.63, 3.8) is 0 Å². The van der Waals surface area contributed by atoms with Gasteiger partial charge in [-0.3, -0.25) is 4.79 Å². The molecule has 55 heavy (non-hydrogen) atoms. The van der Waals surface area contributed by atoms with Crippen molar-refractivity contribution < 1.29 is 80.7 Å². The first-order valence-corrected chi connectivity index (χ1v) is 19.0. The Morgan fingerprint density at radius 1 is 0.436 bits per heavy atom. The average Bonchev–Trinajstić information content (AvgIpc) is 3.19. The van der Waals surface area contributed by atoms with Crippen molar-refractivity contribution in [2.75, 3.05) is 192 Å². The Hall–Kier alpha value is -1.79. The molecule has 0 aromatic heterocycles. The number of hydrogen-bond acceptors (Lipinski definition) is 18. The van der Waals surface area contributed by atoms with Crippen molar-refractivity contribution in [1.82, 2.24) is 5.32 Å². The third kappa shape index (κ3) is 43.2.